The number of benzene rings is 2. The summed E-state index contributed by atoms with van der Waals surface area (Å²) < 4.78 is 23.8. The third-order valence-corrected chi connectivity index (χ3v) is 7.00. The molecular weight excluding hydrogens is 405 g/mol. The number of carbonyl (C=O) groups is 1. The quantitative estimate of drug-likeness (QED) is 0.676. The molecule has 0 N–H and O–H groups in total. The largest absolute Gasteiger partial charge is 0.331 e. The summed E-state index contributed by atoms with van der Waals surface area (Å²) in [6.45, 7) is 0.256. The van der Waals surface area contributed by atoms with Gasteiger partial charge in [-0.25, -0.2) is 8.42 Å². The van der Waals surface area contributed by atoms with Gasteiger partial charge in [-0.2, -0.15) is 0 Å². The zero-order valence-electron chi connectivity index (χ0n) is 14.5. The van der Waals surface area contributed by atoms with Gasteiger partial charge in [0.15, 0.2) is 9.84 Å². The van der Waals surface area contributed by atoms with Crippen molar-refractivity contribution in [2.75, 3.05) is 11.5 Å². The monoisotopic (exact) mass is 423 g/mol. The first-order valence-corrected chi connectivity index (χ1v) is 11.1. The van der Waals surface area contributed by atoms with E-state index in [2.05, 4.69) is 0 Å². The lowest BCUT2D eigenvalue weighted by Crippen LogP contribution is -2.39. The smallest absolute Gasteiger partial charge is 0.247 e. The van der Waals surface area contributed by atoms with Crippen molar-refractivity contribution in [2.45, 2.75) is 19.0 Å². The molecule has 1 unspecified atom stereocenters. The Kier molecular flexibility index (Phi) is 6.25. The second-order valence-corrected chi connectivity index (χ2v) is 9.51. The molecule has 4 nitrogen and oxygen atoms in total. The molecule has 0 saturated carbocycles. The first-order chi connectivity index (χ1) is 12.9. The number of hydrogen-bond donors (Lipinski definition) is 0. The Hall–Kier alpha value is -1.82. The molecule has 1 heterocycles. The van der Waals surface area contributed by atoms with E-state index in [1.54, 1.807) is 23.1 Å². The van der Waals surface area contributed by atoms with Crippen molar-refractivity contribution in [3.05, 3.63) is 75.8 Å². The van der Waals surface area contributed by atoms with Crippen LogP contribution in [0.4, 0.5) is 0 Å². The number of hydrogen-bond acceptors (Lipinski definition) is 3. The van der Waals surface area contributed by atoms with Crippen LogP contribution in [0.3, 0.4) is 0 Å². The topological polar surface area (TPSA) is 54.5 Å². The number of sulfone groups is 1. The summed E-state index contributed by atoms with van der Waals surface area (Å²) in [5.74, 6) is -0.196. The molecule has 0 bridgehead atoms. The lowest BCUT2D eigenvalue weighted by molar-refractivity contribution is -0.128. The number of carbonyl (C=O) groups excluding carboxylic acids is 1. The second-order valence-electron chi connectivity index (χ2n) is 6.47. The third-order valence-electron chi connectivity index (χ3n) is 4.54. The highest BCUT2D eigenvalue weighted by Crippen LogP contribution is 2.24. The Balaban J connectivity index is 1.86. The van der Waals surface area contributed by atoms with Crippen LogP contribution < -0.4 is 0 Å². The van der Waals surface area contributed by atoms with E-state index in [0.29, 0.717) is 16.5 Å². The number of amides is 1. The van der Waals surface area contributed by atoms with E-state index in [4.69, 9.17) is 23.2 Å². The maximum absolute atomic E-state index is 12.9. The van der Waals surface area contributed by atoms with Crippen LogP contribution in [0.25, 0.3) is 6.08 Å². The molecule has 1 atom stereocenters. The molecule has 0 radical (unpaired) electrons. The summed E-state index contributed by atoms with van der Waals surface area (Å²) in [5.41, 5.74) is 1.51. The van der Waals surface area contributed by atoms with Crippen LogP contribution in [0.2, 0.25) is 10.0 Å². The zero-order valence-corrected chi connectivity index (χ0v) is 16.8. The van der Waals surface area contributed by atoms with Gasteiger partial charge in [0, 0.05) is 28.7 Å². The Morgan fingerprint density at radius 3 is 2.37 bits per heavy atom. The van der Waals surface area contributed by atoms with Gasteiger partial charge < -0.3 is 4.90 Å². The molecule has 1 amide bonds. The van der Waals surface area contributed by atoms with Crippen molar-refractivity contribution in [3.63, 3.8) is 0 Å². The standard InChI is InChI=1S/C20H19Cl2NO3S/c21-18-7-3-1-5-15(18)9-10-20(24)23(17-11-12-27(25,26)14-17)13-16-6-2-4-8-19(16)22/h1-10,17H,11-14H2/b10-9+. The molecule has 0 aromatic heterocycles. The minimum absolute atomic E-state index is 0.0247. The molecule has 0 aliphatic carbocycles. The lowest BCUT2D eigenvalue weighted by Gasteiger charge is -2.27. The van der Waals surface area contributed by atoms with E-state index in [1.807, 2.05) is 36.4 Å². The average Bonchev–Trinajstić information content (AvgIpc) is 2.99. The maximum atomic E-state index is 12.9. The molecule has 2 aromatic rings. The zero-order chi connectivity index (χ0) is 19.4. The molecule has 2 aromatic carbocycles. The van der Waals surface area contributed by atoms with Gasteiger partial charge in [0.05, 0.1) is 11.5 Å². The predicted octanol–water partition coefficient (Wildman–Crippen LogP) is 4.22. The van der Waals surface area contributed by atoms with E-state index in [-0.39, 0.29) is 30.0 Å². The van der Waals surface area contributed by atoms with Gasteiger partial charge in [-0.05, 0) is 35.8 Å². The van der Waals surface area contributed by atoms with E-state index in [9.17, 15) is 13.2 Å². The molecule has 1 saturated heterocycles. The van der Waals surface area contributed by atoms with Crippen molar-refractivity contribution in [1.82, 2.24) is 4.90 Å². The molecule has 27 heavy (non-hydrogen) atoms. The van der Waals surface area contributed by atoms with Gasteiger partial charge >= 0.3 is 0 Å². The summed E-state index contributed by atoms with van der Waals surface area (Å²) in [6, 6.07) is 14.1. The van der Waals surface area contributed by atoms with Crippen molar-refractivity contribution in [1.29, 1.82) is 0 Å². The van der Waals surface area contributed by atoms with Gasteiger partial charge in [-0.1, -0.05) is 59.6 Å². The SMILES string of the molecule is O=C(/C=C/c1ccccc1Cl)N(Cc1ccccc1Cl)C1CCS(=O)(=O)C1. The summed E-state index contributed by atoms with van der Waals surface area (Å²) in [6.07, 6.45) is 3.51. The Labute approximate surface area is 169 Å². The summed E-state index contributed by atoms with van der Waals surface area (Å²) in [5, 5.41) is 1.09. The van der Waals surface area contributed by atoms with Crippen molar-refractivity contribution >= 4 is 45.0 Å². The molecule has 3 rings (SSSR count). The van der Waals surface area contributed by atoms with Gasteiger partial charge in [-0.15, -0.1) is 0 Å². The van der Waals surface area contributed by atoms with Crippen LogP contribution >= 0.6 is 23.2 Å². The Morgan fingerprint density at radius 2 is 1.74 bits per heavy atom. The van der Waals surface area contributed by atoms with E-state index < -0.39 is 9.84 Å². The van der Waals surface area contributed by atoms with Gasteiger partial charge in [0.25, 0.3) is 0 Å². The van der Waals surface area contributed by atoms with E-state index in [0.717, 1.165) is 11.1 Å². The first kappa shape index (κ1) is 19.9. The number of rotatable bonds is 5. The van der Waals surface area contributed by atoms with Crippen molar-refractivity contribution in [2.24, 2.45) is 0 Å². The summed E-state index contributed by atoms with van der Waals surface area (Å²) in [4.78, 5) is 14.5. The van der Waals surface area contributed by atoms with Crippen molar-refractivity contribution < 1.29 is 13.2 Å². The van der Waals surface area contributed by atoms with Gasteiger partial charge in [-0.3, -0.25) is 4.79 Å². The van der Waals surface area contributed by atoms with Crippen LogP contribution in [-0.4, -0.2) is 36.8 Å². The molecule has 1 aliphatic rings. The summed E-state index contributed by atoms with van der Waals surface area (Å²) >= 11 is 12.4. The van der Waals surface area contributed by atoms with E-state index in [1.165, 1.54) is 6.08 Å². The average molecular weight is 424 g/mol. The first-order valence-electron chi connectivity index (χ1n) is 8.53. The minimum atomic E-state index is -3.12. The predicted molar refractivity (Wildman–Crippen MR) is 110 cm³/mol. The van der Waals surface area contributed by atoms with Crippen LogP contribution in [-0.2, 0) is 21.2 Å². The highest BCUT2D eigenvalue weighted by Gasteiger charge is 2.34. The van der Waals surface area contributed by atoms with E-state index >= 15 is 0 Å². The molecule has 1 aliphatic heterocycles. The molecule has 7 heteroatoms. The fraction of sp³-hybridized carbons (Fsp3) is 0.250. The molecular formula is C20H19Cl2NO3S. The molecule has 142 valence electrons. The third kappa shape index (κ3) is 5.12. The summed E-state index contributed by atoms with van der Waals surface area (Å²) in [7, 11) is -3.12. The van der Waals surface area contributed by atoms with Crippen LogP contribution in [0.15, 0.2) is 54.6 Å². The molecule has 1 fully saturated rings. The Morgan fingerprint density at radius 1 is 1.07 bits per heavy atom. The number of halogens is 2. The van der Waals surface area contributed by atoms with Crippen molar-refractivity contribution in [3.8, 4) is 0 Å². The van der Waals surface area contributed by atoms with Crippen LogP contribution in [0.1, 0.15) is 17.5 Å². The minimum Gasteiger partial charge on any atom is -0.331 e. The lowest BCUT2D eigenvalue weighted by atomic mass is 10.1. The van der Waals surface area contributed by atoms with Gasteiger partial charge in [0.2, 0.25) is 5.91 Å². The Bertz CT molecular complexity index is 973. The maximum Gasteiger partial charge on any atom is 0.247 e. The highest BCUT2D eigenvalue weighted by molar-refractivity contribution is 7.91. The van der Waals surface area contributed by atoms with Gasteiger partial charge in [0.1, 0.15) is 0 Å². The normalized spacial score (nSPS) is 18.7. The fourth-order valence-corrected chi connectivity index (χ4v) is 5.21. The van der Waals surface area contributed by atoms with Crippen LogP contribution in [0.5, 0.6) is 0 Å². The highest BCUT2D eigenvalue weighted by atomic mass is 35.5. The molecule has 0 spiro atoms. The second kappa shape index (κ2) is 8.46. The number of nitrogens with zero attached hydrogens (tertiary/aromatic N) is 1. The van der Waals surface area contributed by atoms with Crippen LogP contribution in [0, 0.1) is 0 Å². The fourth-order valence-electron chi connectivity index (χ4n) is 3.09.